The van der Waals surface area contributed by atoms with Crippen molar-refractivity contribution in [1.29, 1.82) is 5.26 Å². The number of nitrogens with two attached hydrogens (primary N) is 1. The van der Waals surface area contributed by atoms with E-state index >= 15 is 0 Å². The van der Waals surface area contributed by atoms with Gasteiger partial charge in [-0.25, -0.2) is 8.78 Å². The molecule has 33 heavy (non-hydrogen) atoms. The molecule has 0 saturated heterocycles. The second-order valence-corrected chi connectivity index (χ2v) is 9.02. The molecule has 1 saturated carbocycles. The number of alkyl halides is 2. The fraction of sp³-hybridized carbons (Fsp3) is 0.519. The molecule has 1 aliphatic rings. The van der Waals surface area contributed by atoms with Crippen molar-refractivity contribution < 1.29 is 13.6 Å². The Morgan fingerprint density at radius 1 is 1.21 bits per heavy atom. The summed E-state index contributed by atoms with van der Waals surface area (Å²) in [7, 11) is 0. The van der Waals surface area contributed by atoms with Crippen LogP contribution in [0, 0.1) is 32.1 Å². The first-order valence-corrected chi connectivity index (χ1v) is 11.3. The fourth-order valence-electron chi connectivity index (χ4n) is 4.37. The predicted octanol–water partition coefficient (Wildman–Crippen LogP) is 6.91. The Morgan fingerprint density at radius 3 is 2.24 bits per heavy atom. The minimum Gasteiger partial charge on any atom is -0.325 e. The van der Waals surface area contributed by atoms with Crippen LogP contribution in [0.15, 0.2) is 30.5 Å². The highest BCUT2D eigenvalue weighted by Crippen LogP contribution is 2.40. The van der Waals surface area contributed by atoms with Gasteiger partial charge in [-0.15, -0.1) is 0 Å². The lowest BCUT2D eigenvalue weighted by molar-refractivity contribution is 0.0167. The first kappa shape index (κ1) is 28.4. The van der Waals surface area contributed by atoms with Crippen LogP contribution in [0.3, 0.4) is 0 Å². The Labute approximate surface area is 197 Å². The van der Waals surface area contributed by atoms with Crippen LogP contribution in [0.4, 0.5) is 8.78 Å². The number of pyridine rings is 1. The fourth-order valence-corrected chi connectivity index (χ4v) is 4.37. The summed E-state index contributed by atoms with van der Waals surface area (Å²) in [5.41, 5.74) is 11.0. The molecule has 1 heterocycles. The van der Waals surface area contributed by atoms with Crippen LogP contribution in [0.25, 0.3) is 0 Å². The molecule has 2 aromatic rings. The lowest BCUT2D eigenvalue weighted by atomic mass is 9.78. The van der Waals surface area contributed by atoms with Crippen molar-refractivity contribution in [3.05, 3.63) is 64.0 Å². The number of nitriles is 1. The standard InChI is InChI=1S/C15H23N.C10H11F2NO.C2H3N/c1-11-6-7-12(2)14(10-11)13(3)15(16)8-4-5-9-15;1-6-8(10(3,11)12)4-5-13-9(6)7(2)14;1-2-3/h6-7,10,13H,4-5,8-9,16H2,1-3H3;4-5H,1-3H3;1H3. The smallest absolute Gasteiger partial charge is 0.270 e. The van der Waals surface area contributed by atoms with E-state index in [0.29, 0.717) is 5.92 Å². The van der Waals surface area contributed by atoms with Crippen LogP contribution in [-0.4, -0.2) is 16.3 Å². The Balaban J connectivity index is 0.000000298. The molecule has 1 aromatic heterocycles. The van der Waals surface area contributed by atoms with Gasteiger partial charge in [0.2, 0.25) is 0 Å². The number of hydrogen-bond donors (Lipinski definition) is 1. The second kappa shape index (κ2) is 12.0. The van der Waals surface area contributed by atoms with Crippen molar-refractivity contribution in [3.8, 4) is 6.07 Å². The molecule has 1 unspecified atom stereocenters. The molecule has 6 heteroatoms. The van der Waals surface area contributed by atoms with Gasteiger partial charge in [-0.1, -0.05) is 43.5 Å². The summed E-state index contributed by atoms with van der Waals surface area (Å²) in [5.74, 6) is -2.75. The molecular weight excluding hydrogens is 420 g/mol. The summed E-state index contributed by atoms with van der Waals surface area (Å²) in [5, 5.41) is 7.32. The van der Waals surface area contributed by atoms with E-state index in [4.69, 9.17) is 11.0 Å². The minimum atomic E-state index is -2.93. The van der Waals surface area contributed by atoms with Crippen molar-refractivity contribution in [1.82, 2.24) is 4.98 Å². The van der Waals surface area contributed by atoms with E-state index in [1.54, 1.807) is 6.07 Å². The first-order chi connectivity index (χ1) is 15.3. The van der Waals surface area contributed by atoms with Crippen LogP contribution in [0.5, 0.6) is 0 Å². The van der Waals surface area contributed by atoms with Gasteiger partial charge in [0.25, 0.3) is 5.92 Å². The van der Waals surface area contributed by atoms with Crippen LogP contribution < -0.4 is 5.73 Å². The van der Waals surface area contributed by atoms with E-state index < -0.39 is 5.92 Å². The number of carbonyl (C=O) groups is 1. The lowest BCUT2D eigenvalue weighted by Gasteiger charge is -2.32. The van der Waals surface area contributed by atoms with Gasteiger partial charge in [0, 0.05) is 38.1 Å². The average Bonchev–Trinajstić information content (AvgIpc) is 3.17. The summed E-state index contributed by atoms with van der Waals surface area (Å²) in [4.78, 5) is 14.8. The van der Waals surface area contributed by atoms with Gasteiger partial charge in [-0.05, 0) is 62.3 Å². The predicted molar refractivity (Wildman–Crippen MR) is 130 cm³/mol. The van der Waals surface area contributed by atoms with Gasteiger partial charge < -0.3 is 5.73 Å². The number of halogens is 2. The van der Waals surface area contributed by atoms with E-state index in [-0.39, 0.29) is 28.1 Å². The highest BCUT2D eigenvalue weighted by atomic mass is 19.3. The quantitative estimate of drug-likeness (QED) is 0.506. The first-order valence-electron chi connectivity index (χ1n) is 11.3. The summed E-state index contributed by atoms with van der Waals surface area (Å²) in [6.07, 6.45) is 6.19. The number of hydrogen-bond acceptors (Lipinski definition) is 4. The third-order valence-corrected chi connectivity index (χ3v) is 6.31. The van der Waals surface area contributed by atoms with E-state index in [2.05, 4.69) is 44.0 Å². The molecule has 0 aliphatic heterocycles. The van der Waals surface area contributed by atoms with Crippen molar-refractivity contribution >= 4 is 5.78 Å². The van der Waals surface area contributed by atoms with Gasteiger partial charge in [-0.3, -0.25) is 9.78 Å². The Morgan fingerprint density at radius 2 is 1.76 bits per heavy atom. The maximum atomic E-state index is 13.0. The number of Topliss-reactive ketones (excluding diaryl/α,β-unsaturated/α-hetero) is 1. The van der Waals surface area contributed by atoms with Gasteiger partial charge in [0.15, 0.2) is 5.78 Å². The number of aryl methyl sites for hydroxylation is 2. The third kappa shape index (κ3) is 7.71. The summed E-state index contributed by atoms with van der Waals surface area (Å²) >= 11 is 0. The van der Waals surface area contributed by atoms with Gasteiger partial charge in [0.1, 0.15) is 5.69 Å². The van der Waals surface area contributed by atoms with Crippen LogP contribution in [0.2, 0.25) is 0 Å². The zero-order valence-electron chi connectivity index (χ0n) is 20.9. The summed E-state index contributed by atoms with van der Waals surface area (Å²) in [6.45, 7) is 11.7. The molecule has 1 aliphatic carbocycles. The maximum absolute atomic E-state index is 13.0. The summed E-state index contributed by atoms with van der Waals surface area (Å²) < 4.78 is 26.0. The van der Waals surface area contributed by atoms with Crippen LogP contribution in [0.1, 0.15) is 97.6 Å². The van der Waals surface area contributed by atoms with Crippen molar-refractivity contribution in [3.63, 3.8) is 0 Å². The third-order valence-electron chi connectivity index (χ3n) is 6.31. The van der Waals surface area contributed by atoms with Gasteiger partial charge in [0.05, 0.1) is 6.07 Å². The Kier molecular flexibility index (Phi) is 10.3. The molecule has 2 N–H and O–H groups in total. The molecule has 0 spiro atoms. The highest BCUT2D eigenvalue weighted by molar-refractivity contribution is 5.93. The number of benzene rings is 1. The number of ketones is 1. The average molecular weight is 458 g/mol. The van der Waals surface area contributed by atoms with Gasteiger partial charge in [-0.2, -0.15) is 5.26 Å². The largest absolute Gasteiger partial charge is 0.325 e. The van der Waals surface area contributed by atoms with Crippen LogP contribution >= 0.6 is 0 Å². The van der Waals surface area contributed by atoms with Crippen molar-refractivity contribution in [2.75, 3.05) is 0 Å². The normalized spacial score (nSPS) is 15.3. The molecule has 3 rings (SSSR count). The molecule has 180 valence electrons. The van der Waals surface area contributed by atoms with Crippen molar-refractivity contribution in [2.45, 2.75) is 91.5 Å². The Bertz CT molecular complexity index is 984. The van der Waals surface area contributed by atoms with E-state index in [9.17, 15) is 13.6 Å². The molecule has 0 bridgehead atoms. The van der Waals surface area contributed by atoms with Crippen molar-refractivity contribution in [2.24, 2.45) is 5.73 Å². The van der Waals surface area contributed by atoms with E-state index in [1.807, 2.05) is 0 Å². The highest BCUT2D eigenvalue weighted by Gasteiger charge is 2.36. The van der Waals surface area contributed by atoms with E-state index in [1.165, 1.54) is 75.4 Å². The lowest BCUT2D eigenvalue weighted by Crippen LogP contribution is -2.42. The SMILES string of the molecule is CC#N.CC(=O)c1nccc(C(C)(F)F)c1C.Cc1ccc(C)c(C(C)C2(N)CCCC2)c1. The minimum absolute atomic E-state index is 0.0402. The van der Waals surface area contributed by atoms with Gasteiger partial charge >= 0.3 is 0 Å². The molecular formula is C27H37F2N3O. The summed E-state index contributed by atoms with van der Waals surface area (Å²) in [6, 6.07) is 9.71. The number of aromatic nitrogens is 1. The molecule has 1 aromatic carbocycles. The molecule has 0 radical (unpaired) electrons. The number of rotatable bonds is 4. The monoisotopic (exact) mass is 457 g/mol. The number of carbonyl (C=O) groups excluding carboxylic acids is 1. The van der Waals surface area contributed by atoms with Crippen LogP contribution in [-0.2, 0) is 5.92 Å². The number of nitrogens with zero attached hydrogens (tertiary/aromatic N) is 2. The topological polar surface area (TPSA) is 79.8 Å². The molecule has 1 fully saturated rings. The Hall–Kier alpha value is -2.65. The second-order valence-electron chi connectivity index (χ2n) is 9.02. The molecule has 0 amide bonds. The zero-order valence-corrected chi connectivity index (χ0v) is 20.9. The van der Waals surface area contributed by atoms with E-state index in [0.717, 1.165) is 6.92 Å². The molecule has 4 nitrogen and oxygen atoms in total. The maximum Gasteiger partial charge on any atom is 0.270 e. The zero-order chi connectivity index (χ0) is 25.4. The molecule has 1 atom stereocenters.